The largest absolute Gasteiger partial charge is 0.448 e. The van der Waals surface area contributed by atoms with Crippen LogP contribution in [-0.2, 0) is 4.74 Å². The van der Waals surface area contributed by atoms with E-state index in [9.17, 15) is 9.59 Å². The molecule has 0 heterocycles. The van der Waals surface area contributed by atoms with Gasteiger partial charge in [-0.3, -0.25) is 10.2 Å². The summed E-state index contributed by atoms with van der Waals surface area (Å²) in [6.07, 6.45) is 11.6. The first kappa shape index (κ1) is 19.0. The van der Waals surface area contributed by atoms with Crippen molar-refractivity contribution in [2.24, 2.45) is 0 Å². The Hall–Kier alpha value is -0.970. The van der Waals surface area contributed by atoms with Crippen molar-refractivity contribution >= 4 is 23.1 Å². The van der Waals surface area contributed by atoms with Crippen LogP contribution >= 0.6 is 11.6 Å². The molecule has 0 fully saturated rings. The molecule has 0 saturated carbocycles. The molecule has 0 aliphatic carbocycles. The topological polar surface area (TPSA) is 67.4 Å². The van der Waals surface area contributed by atoms with Crippen LogP contribution in [0.4, 0.5) is 9.59 Å². The van der Waals surface area contributed by atoms with Gasteiger partial charge in [-0.25, -0.2) is 10.2 Å². The molecular formula is C14H27ClN2O3. The maximum Gasteiger partial charge on any atom is 0.426 e. The Labute approximate surface area is 126 Å². The SMILES string of the molecule is CCCCCCCCCCCCOC(=O)NNC(=O)Cl. The molecule has 0 aromatic carbocycles. The van der Waals surface area contributed by atoms with E-state index >= 15 is 0 Å². The van der Waals surface area contributed by atoms with Crippen LogP contribution in [0.1, 0.15) is 71.1 Å². The molecule has 0 aromatic heterocycles. The summed E-state index contributed by atoms with van der Waals surface area (Å²) >= 11 is 4.97. The van der Waals surface area contributed by atoms with Gasteiger partial charge in [0.2, 0.25) is 0 Å². The zero-order chi connectivity index (χ0) is 15.1. The number of halogens is 1. The maximum absolute atomic E-state index is 11.0. The van der Waals surface area contributed by atoms with E-state index < -0.39 is 11.5 Å². The molecule has 0 spiro atoms. The van der Waals surface area contributed by atoms with Gasteiger partial charge < -0.3 is 4.74 Å². The Morgan fingerprint density at radius 1 is 0.850 bits per heavy atom. The molecule has 0 aliphatic heterocycles. The Morgan fingerprint density at radius 2 is 1.35 bits per heavy atom. The summed E-state index contributed by atoms with van der Waals surface area (Å²) in [5.41, 5.74) is 3.96. The predicted octanol–water partition coefficient (Wildman–Crippen LogP) is 4.50. The highest BCUT2D eigenvalue weighted by atomic mass is 35.5. The molecule has 0 radical (unpaired) electrons. The van der Waals surface area contributed by atoms with Crippen LogP contribution in [0.2, 0.25) is 0 Å². The average molecular weight is 307 g/mol. The molecule has 2 amide bonds. The molecule has 0 saturated heterocycles. The van der Waals surface area contributed by atoms with E-state index in [1.165, 1.54) is 51.4 Å². The fraction of sp³-hybridized carbons (Fsp3) is 0.857. The second-order valence-electron chi connectivity index (χ2n) is 4.84. The van der Waals surface area contributed by atoms with Gasteiger partial charge in [0, 0.05) is 0 Å². The summed E-state index contributed by atoms with van der Waals surface area (Å²) in [7, 11) is 0. The van der Waals surface area contributed by atoms with Crippen LogP contribution in [0.5, 0.6) is 0 Å². The van der Waals surface area contributed by atoms with Crippen molar-refractivity contribution in [3.63, 3.8) is 0 Å². The number of carbonyl (C=O) groups is 2. The van der Waals surface area contributed by atoms with Crippen molar-refractivity contribution in [1.29, 1.82) is 0 Å². The molecule has 6 heteroatoms. The Bertz CT molecular complexity index is 263. The first-order valence-electron chi connectivity index (χ1n) is 7.55. The van der Waals surface area contributed by atoms with Crippen molar-refractivity contribution in [2.45, 2.75) is 71.1 Å². The Morgan fingerprint density at radius 3 is 1.85 bits per heavy atom. The molecule has 2 N–H and O–H groups in total. The third kappa shape index (κ3) is 15.1. The standard InChI is InChI=1S/C14H27ClN2O3/c1-2-3-4-5-6-7-8-9-10-11-12-20-14(19)17-16-13(15)18/h2-12H2,1H3,(H,16,18)(H,17,19). The highest BCUT2D eigenvalue weighted by Crippen LogP contribution is 2.10. The lowest BCUT2D eigenvalue weighted by atomic mass is 10.1. The van der Waals surface area contributed by atoms with Gasteiger partial charge in [0.1, 0.15) is 0 Å². The number of rotatable bonds is 11. The zero-order valence-corrected chi connectivity index (χ0v) is 13.1. The summed E-state index contributed by atoms with van der Waals surface area (Å²) in [6, 6.07) is 0. The van der Waals surface area contributed by atoms with Crippen molar-refractivity contribution in [2.75, 3.05) is 6.61 Å². The van der Waals surface area contributed by atoms with Crippen molar-refractivity contribution in [3.05, 3.63) is 0 Å². The van der Waals surface area contributed by atoms with E-state index in [2.05, 4.69) is 6.92 Å². The van der Waals surface area contributed by atoms with Gasteiger partial charge in [0.05, 0.1) is 6.61 Å². The fourth-order valence-corrected chi connectivity index (χ4v) is 1.94. The van der Waals surface area contributed by atoms with E-state index in [1.54, 1.807) is 0 Å². The molecule has 5 nitrogen and oxygen atoms in total. The first-order chi connectivity index (χ1) is 9.66. The summed E-state index contributed by atoms with van der Waals surface area (Å²) in [6.45, 7) is 2.59. The van der Waals surface area contributed by atoms with E-state index in [4.69, 9.17) is 16.3 Å². The van der Waals surface area contributed by atoms with E-state index in [-0.39, 0.29) is 0 Å². The summed E-state index contributed by atoms with van der Waals surface area (Å²) in [5.74, 6) is 0. The Balaban J connectivity index is 3.12. The molecule has 0 aromatic rings. The lowest BCUT2D eigenvalue weighted by molar-refractivity contribution is 0.140. The van der Waals surface area contributed by atoms with Crippen LogP contribution in [0, 0.1) is 0 Å². The minimum absolute atomic E-state index is 0.362. The maximum atomic E-state index is 11.0. The fourth-order valence-electron chi connectivity index (χ4n) is 1.89. The minimum atomic E-state index is -0.846. The first-order valence-corrected chi connectivity index (χ1v) is 7.93. The number of nitrogens with one attached hydrogen (secondary N) is 2. The number of unbranched alkanes of at least 4 members (excludes halogenated alkanes) is 9. The molecule has 0 bridgehead atoms. The third-order valence-electron chi connectivity index (χ3n) is 2.99. The highest BCUT2D eigenvalue weighted by Gasteiger charge is 2.02. The summed E-state index contributed by atoms with van der Waals surface area (Å²) < 4.78 is 4.84. The minimum Gasteiger partial charge on any atom is -0.448 e. The number of amides is 2. The van der Waals surface area contributed by atoms with Crippen molar-refractivity contribution in [1.82, 2.24) is 10.9 Å². The van der Waals surface area contributed by atoms with Crippen molar-refractivity contribution in [3.8, 4) is 0 Å². The molecule has 118 valence electrons. The second kappa shape index (κ2) is 14.4. The van der Waals surface area contributed by atoms with Gasteiger partial charge in [-0.2, -0.15) is 0 Å². The van der Waals surface area contributed by atoms with Gasteiger partial charge in [0.15, 0.2) is 0 Å². The molecule has 20 heavy (non-hydrogen) atoms. The lowest BCUT2D eigenvalue weighted by Gasteiger charge is -2.06. The molecular weight excluding hydrogens is 280 g/mol. The molecule has 0 aliphatic rings. The van der Waals surface area contributed by atoms with Crippen LogP contribution in [-0.4, -0.2) is 18.1 Å². The van der Waals surface area contributed by atoms with Crippen LogP contribution < -0.4 is 10.9 Å². The molecule has 0 rings (SSSR count). The van der Waals surface area contributed by atoms with E-state index in [1.807, 2.05) is 10.9 Å². The van der Waals surface area contributed by atoms with Gasteiger partial charge in [-0.1, -0.05) is 64.7 Å². The van der Waals surface area contributed by atoms with Crippen LogP contribution in [0.15, 0.2) is 0 Å². The normalized spacial score (nSPS) is 10.1. The summed E-state index contributed by atoms with van der Waals surface area (Å²) in [5, 5.41) is -0.846. The number of ether oxygens (including phenoxy) is 1. The van der Waals surface area contributed by atoms with E-state index in [0.29, 0.717) is 6.61 Å². The smallest absolute Gasteiger partial charge is 0.426 e. The highest BCUT2D eigenvalue weighted by molar-refractivity contribution is 6.62. The second-order valence-corrected chi connectivity index (χ2v) is 5.18. The number of hydrogen-bond donors (Lipinski definition) is 2. The molecule has 0 atom stereocenters. The number of carbonyl (C=O) groups excluding carboxylic acids is 2. The number of hydrogen-bond acceptors (Lipinski definition) is 3. The van der Waals surface area contributed by atoms with E-state index in [0.717, 1.165) is 12.8 Å². The van der Waals surface area contributed by atoms with Gasteiger partial charge in [-0.05, 0) is 18.0 Å². The van der Waals surface area contributed by atoms with Gasteiger partial charge in [0.25, 0.3) is 0 Å². The monoisotopic (exact) mass is 306 g/mol. The average Bonchev–Trinajstić information content (AvgIpc) is 2.42. The lowest BCUT2D eigenvalue weighted by Crippen LogP contribution is -2.39. The van der Waals surface area contributed by atoms with Crippen LogP contribution in [0.3, 0.4) is 0 Å². The zero-order valence-electron chi connectivity index (χ0n) is 12.4. The summed E-state index contributed by atoms with van der Waals surface area (Å²) in [4.78, 5) is 21.3. The quantitative estimate of drug-likeness (QED) is 0.256. The van der Waals surface area contributed by atoms with Gasteiger partial charge >= 0.3 is 11.5 Å². The predicted molar refractivity (Wildman–Crippen MR) is 80.7 cm³/mol. The van der Waals surface area contributed by atoms with Crippen molar-refractivity contribution < 1.29 is 14.3 Å². The number of hydrazine groups is 1. The molecule has 0 unspecified atom stereocenters. The van der Waals surface area contributed by atoms with Gasteiger partial charge in [-0.15, -0.1) is 0 Å². The third-order valence-corrected chi connectivity index (χ3v) is 3.09. The Kier molecular flexibility index (Phi) is 13.7. The van der Waals surface area contributed by atoms with Crippen LogP contribution in [0.25, 0.3) is 0 Å².